The second kappa shape index (κ2) is 7.56. The van der Waals surface area contributed by atoms with Gasteiger partial charge < -0.3 is 15.2 Å². The van der Waals surface area contributed by atoms with Gasteiger partial charge >= 0.3 is 0 Å². The van der Waals surface area contributed by atoms with E-state index in [1.165, 1.54) is 5.56 Å². The van der Waals surface area contributed by atoms with Crippen LogP contribution in [0.5, 0.6) is 11.5 Å². The lowest BCUT2D eigenvalue weighted by Gasteiger charge is -2.09. The van der Waals surface area contributed by atoms with E-state index in [0.717, 1.165) is 23.5 Å². The summed E-state index contributed by atoms with van der Waals surface area (Å²) in [5.74, 6) is 1.74. The number of hydrogen-bond acceptors (Lipinski definition) is 3. The summed E-state index contributed by atoms with van der Waals surface area (Å²) < 4.78 is 11.3. The molecular formula is C17H21NO2. The first kappa shape index (κ1) is 14.4. The Bertz CT molecular complexity index is 523. The SMILES string of the molecule is CCc1cccc(OCCOc2ccc(CN)cc2)c1. The Morgan fingerprint density at radius 1 is 0.850 bits per heavy atom. The van der Waals surface area contributed by atoms with Crippen molar-refractivity contribution in [3.8, 4) is 11.5 Å². The normalized spacial score (nSPS) is 10.3. The van der Waals surface area contributed by atoms with Gasteiger partial charge in [-0.2, -0.15) is 0 Å². The van der Waals surface area contributed by atoms with Crippen LogP contribution in [-0.4, -0.2) is 13.2 Å². The Labute approximate surface area is 120 Å². The summed E-state index contributed by atoms with van der Waals surface area (Å²) in [5.41, 5.74) is 7.93. The second-order valence-corrected chi connectivity index (χ2v) is 4.55. The van der Waals surface area contributed by atoms with Gasteiger partial charge in [0.2, 0.25) is 0 Å². The van der Waals surface area contributed by atoms with E-state index in [1.807, 2.05) is 36.4 Å². The van der Waals surface area contributed by atoms with Gasteiger partial charge in [0, 0.05) is 6.54 Å². The van der Waals surface area contributed by atoms with E-state index in [1.54, 1.807) is 0 Å². The van der Waals surface area contributed by atoms with Crippen molar-refractivity contribution in [3.63, 3.8) is 0 Å². The van der Waals surface area contributed by atoms with Gasteiger partial charge in [-0.1, -0.05) is 31.2 Å². The van der Waals surface area contributed by atoms with Crippen molar-refractivity contribution in [2.75, 3.05) is 13.2 Å². The second-order valence-electron chi connectivity index (χ2n) is 4.55. The maximum absolute atomic E-state index is 5.67. The molecule has 0 aliphatic rings. The molecule has 106 valence electrons. The van der Waals surface area contributed by atoms with Crippen LogP contribution in [0, 0.1) is 0 Å². The summed E-state index contributed by atoms with van der Waals surface area (Å²) in [6.45, 7) is 3.74. The zero-order valence-corrected chi connectivity index (χ0v) is 11.8. The van der Waals surface area contributed by atoms with E-state index in [4.69, 9.17) is 15.2 Å². The minimum atomic E-state index is 0.526. The Hall–Kier alpha value is -2.00. The molecule has 0 aromatic heterocycles. The van der Waals surface area contributed by atoms with Gasteiger partial charge in [0.05, 0.1) is 0 Å². The van der Waals surface area contributed by atoms with Gasteiger partial charge in [-0.15, -0.1) is 0 Å². The minimum Gasteiger partial charge on any atom is -0.490 e. The van der Waals surface area contributed by atoms with Gasteiger partial charge in [0.1, 0.15) is 24.7 Å². The first-order valence-electron chi connectivity index (χ1n) is 6.95. The molecule has 3 heteroatoms. The number of hydrogen-bond donors (Lipinski definition) is 1. The maximum Gasteiger partial charge on any atom is 0.122 e. The van der Waals surface area contributed by atoms with Crippen molar-refractivity contribution in [1.82, 2.24) is 0 Å². The highest BCUT2D eigenvalue weighted by Gasteiger charge is 1.97. The molecule has 0 aliphatic carbocycles. The average Bonchev–Trinajstić information content (AvgIpc) is 2.52. The van der Waals surface area contributed by atoms with Gasteiger partial charge in [-0.3, -0.25) is 0 Å². The smallest absolute Gasteiger partial charge is 0.122 e. The van der Waals surface area contributed by atoms with Crippen LogP contribution >= 0.6 is 0 Å². The molecule has 3 nitrogen and oxygen atoms in total. The third-order valence-electron chi connectivity index (χ3n) is 3.09. The molecule has 0 atom stereocenters. The number of rotatable bonds is 7. The van der Waals surface area contributed by atoms with Crippen molar-refractivity contribution in [1.29, 1.82) is 0 Å². The average molecular weight is 271 g/mol. The van der Waals surface area contributed by atoms with E-state index in [2.05, 4.69) is 19.1 Å². The highest BCUT2D eigenvalue weighted by molar-refractivity contribution is 5.28. The van der Waals surface area contributed by atoms with Crippen molar-refractivity contribution in [2.45, 2.75) is 19.9 Å². The quantitative estimate of drug-likeness (QED) is 0.787. The van der Waals surface area contributed by atoms with Crippen molar-refractivity contribution in [2.24, 2.45) is 5.73 Å². The number of nitrogens with two attached hydrogens (primary N) is 1. The molecule has 0 aliphatic heterocycles. The molecule has 0 heterocycles. The fraction of sp³-hybridized carbons (Fsp3) is 0.294. The first-order chi connectivity index (χ1) is 9.81. The fourth-order valence-corrected chi connectivity index (χ4v) is 1.90. The predicted octanol–water partition coefficient (Wildman–Crippen LogP) is 3.17. The van der Waals surface area contributed by atoms with Crippen LogP contribution in [0.15, 0.2) is 48.5 Å². The van der Waals surface area contributed by atoms with Gasteiger partial charge in [-0.25, -0.2) is 0 Å². The molecule has 0 saturated carbocycles. The zero-order chi connectivity index (χ0) is 14.2. The highest BCUT2D eigenvalue weighted by Crippen LogP contribution is 2.14. The maximum atomic E-state index is 5.67. The van der Waals surface area contributed by atoms with Gasteiger partial charge in [-0.05, 0) is 41.8 Å². The molecule has 0 fully saturated rings. The third-order valence-corrected chi connectivity index (χ3v) is 3.09. The van der Waals surface area contributed by atoms with Crippen LogP contribution < -0.4 is 15.2 Å². The minimum absolute atomic E-state index is 0.526. The molecule has 0 radical (unpaired) electrons. The fourth-order valence-electron chi connectivity index (χ4n) is 1.90. The van der Waals surface area contributed by atoms with Gasteiger partial charge in [0.25, 0.3) is 0 Å². The van der Waals surface area contributed by atoms with Crippen molar-refractivity contribution >= 4 is 0 Å². The molecule has 2 rings (SSSR count). The molecule has 2 aromatic rings. The molecule has 0 bridgehead atoms. The van der Waals surface area contributed by atoms with Crippen molar-refractivity contribution in [3.05, 3.63) is 59.7 Å². The number of ether oxygens (including phenoxy) is 2. The van der Waals surface area contributed by atoms with E-state index in [9.17, 15) is 0 Å². The highest BCUT2D eigenvalue weighted by atomic mass is 16.5. The van der Waals surface area contributed by atoms with Gasteiger partial charge in [0.15, 0.2) is 0 Å². The lowest BCUT2D eigenvalue weighted by Crippen LogP contribution is -2.09. The molecule has 2 aromatic carbocycles. The van der Waals surface area contributed by atoms with E-state index in [0.29, 0.717) is 19.8 Å². The molecule has 20 heavy (non-hydrogen) atoms. The summed E-state index contributed by atoms with van der Waals surface area (Å²) >= 11 is 0. The van der Waals surface area contributed by atoms with Crippen LogP contribution in [0.25, 0.3) is 0 Å². The lowest BCUT2D eigenvalue weighted by atomic mass is 10.2. The number of aryl methyl sites for hydroxylation is 1. The Morgan fingerprint density at radius 3 is 2.20 bits per heavy atom. The van der Waals surface area contributed by atoms with Crippen LogP contribution in [0.4, 0.5) is 0 Å². The summed E-state index contributed by atoms with van der Waals surface area (Å²) in [6.07, 6.45) is 1.02. The summed E-state index contributed by atoms with van der Waals surface area (Å²) in [7, 11) is 0. The Balaban J connectivity index is 1.75. The molecule has 2 N–H and O–H groups in total. The van der Waals surface area contributed by atoms with Crippen LogP contribution in [0.1, 0.15) is 18.1 Å². The molecular weight excluding hydrogens is 250 g/mol. The number of benzene rings is 2. The van der Waals surface area contributed by atoms with E-state index in [-0.39, 0.29) is 0 Å². The zero-order valence-electron chi connectivity index (χ0n) is 11.8. The van der Waals surface area contributed by atoms with E-state index < -0.39 is 0 Å². The lowest BCUT2D eigenvalue weighted by molar-refractivity contribution is 0.217. The molecule has 0 spiro atoms. The predicted molar refractivity (Wildman–Crippen MR) is 81.1 cm³/mol. The summed E-state index contributed by atoms with van der Waals surface area (Å²) in [4.78, 5) is 0. The monoisotopic (exact) mass is 271 g/mol. The van der Waals surface area contributed by atoms with Crippen LogP contribution in [0.2, 0.25) is 0 Å². The van der Waals surface area contributed by atoms with Crippen LogP contribution in [0.3, 0.4) is 0 Å². The molecule has 0 saturated heterocycles. The Kier molecular flexibility index (Phi) is 5.44. The molecule has 0 unspecified atom stereocenters. The Morgan fingerprint density at radius 2 is 1.55 bits per heavy atom. The van der Waals surface area contributed by atoms with Crippen LogP contribution in [-0.2, 0) is 13.0 Å². The topological polar surface area (TPSA) is 44.5 Å². The third kappa shape index (κ3) is 4.28. The van der Waals surface area contributed by atoms with E-state index >= 15 is 0 Å². The molecule has 0 amide bonds. The first-order valence-corrected chi connectivity index (χ1v) is 6.95. The summed E-state index contributed by atoms with van der Waals surface area (Å²) in [6, 6.07) is 16.0. The van der Waals surface area contributed by atoms with Crippen molar-refractivity contribution < 1.29 is 9.47 Å². The largest absolute Gasteiger partial charge is 0.490 e. The standard InChI is InChI=1S/C17H21NO2/c1-2-14-4-3-5-17(12-14)20-11-10-19-16-8-6-15(13-18)7-9-16/h3-9,12H,2,10-11,13,18H2,1H3. The summed E-state index contributed by atoms with van der Waals surface area (Å²) in [5, 5.41) is 0.